The summed E-state index contributed by atoms with van der Waals surface area (Å²) in [5, 5.41) is 10.4. The number of allylic oxidation sites excluding steroid dienone is 1. The standard InChI is InChI=1S/C49H71ClN2O6/c1-29(2)39-35(53)27-49(43(57)52(25-24-51(10)11)28-30-12-14-31(50)15-13-30)23-22-47(8)32(40(39)49)16-17-37-46(7)20-19-38(45(5,6)36(46)18-21-48(37,47)9)58-42(56)34-26-33(41(54)55)44(34,3)4/h12-15,29,32-34,36-38H,16-28H2,1-11H3,(H,54,55)/t32-,33+,34-,36+,37-,38+,46+,47-,48-,49-/m1/s1. The summed E-state index contributed by atoms with van der Waals surface area (Å²) in [6.07, 6.45) is 7.96. The van der Waals surface area contributed by atoms with Crippen LogP contribution in [0.15, 0.2) is 35.4 Å². The number of carbonyl (C=O) groups excluding carboxylic acids is 3. The van der Waals surface area contributed by atoms with E-state index in [-0.39, 0.29) is 63.7 Å². The summed E-state index contributed by atoms with van der Waals surface area (Å²) in [5.41, 5.74) is 1.46. The number of aliphatic carboxylic acids is 1. The predicted octanol–water partition coefficient (Wildman–Crippen LogP) is 9.87. The van der Waals surface area contributed by atoms with Gasteiger partial charge in [0.2, 0.25) is 5.91 Å². The van der Waals surface area contributed by atoms with E-state index in [2.05, 4.69) is 53.4 Å². The number of benzene rings is 1. The van der Waals surface area contributed by atoms with Gasteiger partial charge in [0.25, 0.3) is 0 Å². The molecule has 9 heteroatoms. The molecule has 6 aliphatic rings. The van der Waals surface area contributed by atoms with Gasteiger partial charge >= 0.3 is 11.9 Å². The van der Waals surface area contributed by atoms with E-state index in [0.717, 1.165) is 62.6 Å². The molecule has 5 fully saturated rings. The molecule has 0 saturated heterocycles. The number of likely N-dealkylation sites (N-methyl/N-ethyl adjacent to an activating group) is 1. The van der Waals surface area contributed by atoms with Crippen molar-refractivity contribution in [3.63, 3.8) is 0 Å². The smallest absolute Gasteiger partial charge is 0.309 e. The number of fused-ring (bicyclic) bond motifs is 7. The second-order valence-electron chi connectivity index (χ2n) is 22.2. The number of amides is 1. The molecule has 58 heavy (non-hydrogen) atoms. The Morgan fingerprint density at radius 3 is 2.10 bits per heavy atom. The molecule has 1 amide bonds. The Bertz CT molecular complexity index is 1870. The highest BCUT2D eigenvalue weighted by molar-refractivity contribution is 6.30. The highest BCUT2D eigenvalue weighted by Gasteiger charge is 2.71. The molecule has 0 aromatic heterocycles. The summed E-state index contributed by atoms with van der Waals surface area (Å²) in [7, 11) is 4.08. The largest absolute Gasteiger partial charge is 0.481 e. The van der Waals surface area contributed by atoms with E-state index in [4.69, 9.17) is 16.3 Å². The number of Topliss-reactive ketones (excluding diaryl/α,β-unsaturated/α-hetero) is 1. The van der Waals surface area contributed by atoms with Crippen molar-refractivity contribution >= 4 is 35.2 Å². The molecule has 1 aromatic rings. The number of halogens is 1. The minimum atomic E-state index is -0.834. The third-order valence-electron chi connectivity index (χ3n) is 18.3. The normalized spacial score (nSPS) is 38.6. The van der Waals surface area contributed by atoms with Crippen molar-refractivity contribution in [1.29, 1.82) is 0 Å². The van der Waals surface area contributed by atoms with Gasteiger partial charge in [-0.1, -0.05) is 86.0 Å². The number of rotatable bonds is 10. The molecule has 0 heterocycles. The van der Waals surface area contributed by atoms with Gasteiger partial charge in [0.05, 0.1) is 17.3 Å². The Morgan fingerprint density at radius 1 is 0.828 bits per heavy atom. The number of nitrogens with zero attached hydrogens (tertiary/aromatic N) is 2. The molecule has 10 atom stereocenters. The second kappa shape index (κ2) is 14.7. The zero-order valence-corrected chi connectivity index (χ0v) is 38.1. The number of carbonyl (C=O) groups is 4. The molecular weight excluding hydrogens is 748 g/mol. The maximum atomic E-state index is 15.4. The Morgan fingerprint density at radius 2 is 1.50 bits per heavy atom. The lowest BCUT2D eigenvalue weighted by Crippen LogP contribution is -2.66. The van der Waals surface area contributed by atoms with E-state index in [9.17, 15) is 19.5 Å². The Kier molecular flexibility index (Phi) is 11.0. The number of esters is 1. The molecule has 1 aromatic carbocycles. The van der Waals surface area contributed by atoms with Crippen LogP contribution in [0.3, 0.4) is 0 Å². The van der Waals surface area contributed by atoms with Crippen LogP contribution in [0.4, 0.5) is 0 Å². The molecule has 6 aliphatic carbocycles. The van der Waals surface area contributed by atoms with Gasteiger partial charge in [0.1, 0.15) is 6.10 Å². The number of hydrogen-bond donors (Lipinski definition) is 1. The average Bonchev–Trinajstić information content (AvgIpc) is 3.44. The predicted molar refractivity (Wildman–Crippen MR) is 228 cm³/mol. The van der Waals surface area contributed by atoms with E-state index in [1.165, 1.54) is 5.57 Å². The maximum Gasteiger partial charge on any atom is 0.309 e. The summed E-state index contributed by atoms with van der Waals surface area (Å²) >= 11 is 6.27. The SMILES string of the molecule is CC(C)C1=C2[C@H]3CC[C@@H]4[C@@]5(C)CC[C@H](OC(=O)[C@H]6C[C@@H](C(=O)O)C6(C)C)C(C)(C)[C@@H]5CC[C@@]4(C)[C@]3(C)CC[C@@]2(C(=O)N(CCN(C)C)Cc2ccc(Cl)cc2)CC1=O. The van der Waals surface area contributed by atoms with Gasteiger partial charge < -0.3 is 19.6 Å². The molecule has 0 spiro atoms. The van der Waals surface area contributed by atoms with Crippen LogP contribution in [0, 0.1) is 68.0 Å². The van der Waals surface area contributed by atoms with E-state index in [1.807, 2.05) is 57.1 Å². The lowest BCUT2D eigenvalue weighted by atomic mass is 9.33. The fraction of sp³-hybridized carbons (Fsp3) is 0.755. The van der Waals surface area contributed by atoms with Crippen molar-refractivity contribution in [2.45, 2.75) is 139 Å². The van der Waals surface area contributed by atoms with E-state index < -0.39 is 28.6 Å². The van der Waals surface area contributed by atoms with Crippen LogP contribution >= 0.6 is 11.6 Å². The van der Waals surface area contributed by atoms with Crippen LogP contribution in [0.1, 0.15) is 132 Å². The molecule has 7 rings (SSSR count). The van der Waals surface area contributed by atoms with Crippen molar-refractivity contribution in [2.75, 3.05) is 27.2 Å². The molecule has 0 radical (unpaired) electrons. The number of hydrogen-bond acceptors (Lipinski definition) is 6. The van der Waals surface area contributed by atoms with Crippen molar-refractivity contribution in [3.8, 4) is 0 Å². The third-order valence-corrected chi connectivity index (χ3v) is 18.5. The van der Waals surface area contributed by atoms with Crippen LogP contribution in [0.5, 0.6) is 0 Å². The van der Waals surface area contributed by atoms with Crippen molar-refractivity contribution in [3.05, 3.63) is 46.0 Å². The molecule has 5 saturated carbocycles. The molecule has 0 aliphatic heterocycles. The number of ketones is 1. The zero-order valence-electron chi connectivity index (χ0n) is 37.3. The summed E-state index contributed by atoms with van der Waals surface area (Å²) in [6, 6.07) is 7.79. The van der Waals surface area contributed by atoms with E-state index >= 15 is 4.79 Å². The Balaban J connectivity index is 1.18. The van der Waals surface area contributed by atoms with Crippen molar-refractivity contribution in [2.24, 2.45) is 68.0 Å². The molecule has 1 N–H and O–H groups in total. The van der Waals surface area contributed by atoms with Gasteiger partial charge in [-0.3, -0.25) is 19.2 Å². The first-order chi connectivity index (χ1) is 27.0. The van der Waals surface area contributed by atoms with Crippen molar-refractivity contribution < 1.29 is 29.0 Å². The zero-order chi connectivity index (χ0) is 42.5. The van der Waals surface area contributed by atoms with E-state index in [1.54, 1.807) is 0 Å². The number of ether oxygens (including phenoxy) is 1. The molecular formula is C49H71ClN2O6. The van der Waals surface area contributed by atoms with Gasteiger partial charge in [0, 0.05) is 36.5 Å². The quantitative estimate of drug-likeness (QED) is 0.235. The fourth-order valence-corrected chi connectivity index (χ4v) is 14.8. The lowest BCUT2D eigenvalue weighted by Gasteiger charge is -2.72. The first kappa shape index (κ1) is 43.4. The first-order valence-corrected chi connectivity index (χ1v) is 22.7. The average molecular weight is 820 g/mol. The van der Waals surface area contributed by atoms with Crippen molar-refractivity contribution in [1.82, 2.24) is 9.80 Å². The van der Waals surface area contributed by atoms with Crippen LogP contribution in [0.25, 0.3) is 0 Å². The Hall–Kier alpha value is -2.71. The van der Waals surface area contributed by atoms with Crippen LogP contribution in [0.2, 0.25) is 5.02 Å². The molecule has 0 bridgehead atoms. The highest BCUT2D eigenvalue weighted by Crippen LogP contribution is 2.77. The van der Waals surface area contributed by atoms with Crippen LogP contribution < -0.4 is 0 Å². The summed E-state index contributed by atoms with van der Waals surface area (Å²) in [5.74, 6) is -0.654. The highest BCUT2D eigenvalue weighted by atomic mass is 35.5. The van der Waals surface area contributed by atoms with Crippen LogP contribution in [-0.4, -0.2) is 71.8 Å². The number of carboxylic acid groups (broad SMARTS) is 1. The topological polar surface area (TPSA) is 104 Å². The van der Waals surface area contributed by atoms with E-state index in [0.29, 0.717) is 42.8 Å². The number of carboxylic acids is 1. The fourth-order valence-electron chi connectivity index (χ4n) is 14.7. The third kappa shape index (κ3) is 6.45. The molecule has 8 nitrogen and oxygen atoms in total. The molecule has 320 valence electrons. The summed E-state index contributed by atoms with van der Waals surface area (Å²) in [6.45, 7) is 22.1. The first-order valence-electron chi connectivity index (χ1n) is 22.4. The van der Waals surface area contributed by atoms with Gasteiger partial charge in [-0.05, 0) is 146 Å². The van der Waals surface area contributed by atoms with Crippen LogP contribution in [-0.2, 0) is 30.5 Å². The summed E-state index contributed by atoms with van der Waals surface area (Å²) in [4.78, 5) is 59.5. The molecule has 0 unspecified atom stereocenters. The van der Waals surface area contributed by atoms with Gasteiger partial charge in [-0.25, -0.2) is 0 Å². The monoisotopic (exact) mass is 819 g/mol. The Labute approximate surface area is 353 Å². The summed E-state index contributed by atoms with van der Waals surface area (Å²) < 4.78 is 6.44. The minimum absolute atomic E-state index is 0.00636. The second-order valence-corrected chi connectivity index (χ2v) is 22.7. The van der Waals surface area contributed by atoms with Gasteiger partial charge in [0.15, 0.2) is 5.78 Å². The lowest BCUT2D eigenvalue weighted by molar-refractivity contribution is -0.236. The maximum absolute atomic E-state index is 15.4. The van der Waals surface area contributed by atoms with Gasteiger partial charge in [-0.2, -0.15) is 0 Å². The minimum Gasteiger partial charge on any atom is -0.481 e. The van der Waals surface area contributed by atoms with Gasteiger partial charge in [-0.15, -0.1) is 0 Å².